The van der Waals surface area contributed by atoms with Crippen molar-refractivity contribution in [2.24, 2.45) is 0 Å². The van der Waals surface area contributed by atoms with Crippen LogP contribution in [0.2, 0.25) is 0 Å². The van der Waals surface area contributed by atoms with E-state index in [9.17, 15) is 13.2 Å². The zero-order valence-corrected chi connectivity index (χ0v) is 16.4. The molecule has 2 amide bonds. The van der Waals surface area contributed by atoms with Crippen molar-refractivity contribution >= 4 is 65.9 Å². The minimum Gasteiger partial charge on any atom is -0.308 e. The van der Waals surface area contributed by atoms with E-state index >= 15 is 0 Å². The number of thiazole rings is 1. The standard InChI is InChI=1S/C16H16N4O3S3/c1-24-12-5-3-4-10(8-12)17-15(21)18-11-6-7-13-14(9-11)25-16(19-13)20-26(2,22)23/h3-9H,1-2H3,(H,19,20)(H2,17,18,21). The first-order valence-corrected chi connectivity index (χ1v) is 11.4. The van der Waals surface area contributed by atoms with Gasteiger partial charge in [-0.2, -0.15) is 0 Å². The normalized spacial score (nSPS) is 11.3. The summed E-state index contributed by atoms with van der Waals surface area (Å²) in [5.74, 6) is 0. The van der Waals surface area contributed by atoms with Crippen LogP contribution >= 0.6 is 23.1 Å². The van der Waals surface area contributed by atoms with E-state index in [2.05, 4.69) is 20.3 Å². The maximum absolute atomic E-state index is 12.2. The summed E-state index contributed by atoms with van der Waals surface area (Å²) < 4.78 is 25.7. The molecule has 26 heavy (non-hydrogen) atoms. The maximum atomic E-state index is 12.2. The van der Waals surface area contributed by atoms with Crippen LogP contribution < -0.4 is 15.4 Å². The Morgan fingerprint density at radius 2 is 1.85 bits per heavy atom. The highest BCUT2D eigenvalue weighted by Crippen LogP contribution is 2.29. The summed E-state index contributed by atoms with van der Waals surface area (Å²) in [6, 6.07) is 12.4. The van der Waals surface area contributed by atoms with E-state index < -0.39 is 10.0 Å². The number of benzene rings is 2. The van der Waals surface area contributed by atoms with Crippen LogP contribution in [0, 0.1) is 0 Å². The van der Waals surface area contributed by atoms with E-state index in [4.69, 9.17) is 0 Å². The van der Waals surface area contributed by atoms with Crippen molar-refractivity contribution in [2.45, 2.75) is 4.90 Å². The maximum Gasteiger partial charge on any atom is 0.323 e. The lowest BCUT2D eigenvalue weighted by Gasteiger charge is -2.08. The smallest absolute Gasteiger partial charge is 0.308 e. The number of anilines is 3. The van der Waals surface area contributed by atoms with Gasteiger partial charge < -0.3 is 10.6 Å². The van der Waals surface area contributed by atoms with Crippen LogP contribution in [-0.4, -0.2) is 31.9 Å². The number of nitrogens with one attached hydrogen (secondary N) is 3. The monoisotopic (exact) mass is 408 g/mol. The van der Waals surface area contributed by atoms with Crippen molar-refractivity contribution < 1.29 is 13.2 Å². The second kappa shape index (κ2) is 7.52. The highest BCUT2D eigenvalue weighted by atomic mass is 32.2. The Morgan fingerprint density at radius 3 is 2.54 bits per heavy atom. The van der Waals surface area contributed by atoms with E-state index in [1.165, 1.54) is 11.3 Å². The number of amides is 2. The lowest BCUT2D eigenvalue weighted by Crippen LogP contribution is -2.19. The van der Waals surface area contributed by atoms with Gasteiger partial charge in [-0.05, 0) is 42.7 Å². The lowest BCUT2D eigenvalue weighted by molar-refractivity contribution is 0.262. The van der Waals surface area contributed by atoms with Gasteiger partial charge in [0, 0.05) is 16.3 Å². The third-order valence-corrected chi connectivity index (χ3v) is 5.60. The number of sulfonamides is 1. The number of urea groups is 1. The summed E-state index contributed by atoms with van der Waals surface area (Å²) in [5, 5.41) is 5.83. The molecule has 0 atom stereocenters. The Kier molecular flexibility index (Phi) is 5.35. The number of carbonyl (C=O) groups is 1. The number of hydrogen-bond acceptors (Lipinski definition) is 6. The predicted octanol–water partition coefficient (Wildman–Crippen LogP) is 4.03. The van der Waals surface area contributed by atoms with Crippen LogP contribution in [0.3, 0.4) is 0 Å². The molecular weight excluding hydrogens is 392 g/mol. The van der Waals surface area contributed by atoms with Gasteiger partial charge in [0.1, 0.15) is 0 Å². The number of rotatable bonds is 5. The number of thioether (sulfide) groups is 1. The number of carbonyl (C=O) groups excluding carboxylic acids is 1. The first-order chi connectivity index (χ1) is 12.3. The molecule has 0 aliphatic carbocycles. The third-order valence-electron chi connectivity index (χ3n) is 3.25. The summed E-state index contributed by atoms with van der Waals surface area (Å²) in [6.07, 6.45) is 3.04. The summed E-state index contributed by atoms with van der Waals surface area (Å²) in [5.41, 5.74) is 1.94. The average Bonchev–Trinajstić information content (AvgIpc) is 2.94. The highest BCUT2D eigenvalue weighted by molar-refractivity contribution is 7.98. The summed E-state index contributed by atoms with van der Waals surface area (Å²) in [4.78, 5) is 17.4. The van der Waals surface area contributed by atoms with Gasteiger partial charge in [-0.15, -0.1) is 11.8 Å². The molecule has 3 N–H and O–H groups in total. The molecule has 10 heteroatoms. The second-order valence-electron chi connectivity index (χ2n) is 5.39. The Hall–Kier alpha value is -2.30. The van der Waals surface area contributed by atoms with Gasteiger partial charge in [-0.3, -0.25) is 4.72 Å². The molecule has 7 nitrogen and oxygen atoms in total. The molecule has 0 radical (unpaired) electrons. The lowest BCUT2D eigenvalue weighted by atomic mass is 10.3. The molecule has 1 heterocycles. The number of hydrogen-bond donors (Lipinski definition) is 3. The van der Waals surface area contributed by atoms with Crippen molar-refractivity contribution in [2.75, 3.05) is 27.9 Å². The quantitative estimate of drug-likeness (QED) is 0.553. The molecule has 0 fully saturated rings. The fourth-order valence-electron chi connectivity index (χ4n) is 2.20. The van der Waals surface area contributed by atoms with Crippen LogP contribution in [0.4, 0.5) is 21.3 Å². The number of aromatic nitrogens is 1. The largest absolute Gasteiger partial charge is 0.323 e. The molecule has 0 saturated carbocycles. The summed E-state index contributed by atoms with van der Waals surface area (Å²) in [6.45, 7) is 0. The van der Waals surface area contributed by atoms with Gasteiger partial charge in [0.05, 0.1) is 16.5 Å². The van der Waals surface area contributed by atoms with Crippen LogP contribution in [0.15, 0.2) is 47.4 Å². The minimum absolute atomic E-state index is 0.290. The van der Waals surface area contributed by atoms with Crippen LogP contribution in [0.5, 0.6) is 0 Å². The Bertz CT molecular complexity index is 1060. The first kappa shape index (κ1) is 18.5. The molecule has 3 aromatic rings. The molecule has 2 aromatic carbocycles. The van der Waals surface area contributed by atoms with Gasteiger partial charge in [0.2, 0.25) is 10.0 Å². The van der Waals surface area contributed by atoms with E-state index in [0.29, 0.717) is 16.9 Å². The third kappa shape index (κ3) is 4.87. The molecule has 0 unspecified atom stereocenters. The second-order valence-corrected chi connectivity index (χ2v) is 9.05. The fraction of sp³-hybridized carbons (Fsp3) is 0.125. The highest BCUT2D eigenvalue weighted by Gasteiger charge is 2.10. The van der Waals surface area contributed by atoms with Gasteiger partial charge >= 0.3 is 6.03 Å². The van der Waals surface area contributed by atoms with Crippen molar-refractivity contribution in [1.82, 2.24) is 4.98 Å². The van der Waals surface area contributed by atoms with Gasteiger partial charge in [0.25, 0.3) is 0 Å². The zero-order valence-electron chi connectivity index (χ0n) is 13.9. The Morgan fingerprint density at radius 1 is 1.12 bits per heavy atom. The molecule has 0 bridgehead atoms. The van der Waals surface area contributed by atoms with Crippen LogP contribution in [0.1, 0.15) is 0 Å². The van der Waals surface area contributed by atoms with Gasteiger partial charge in [-0.25, -0.2) is 18.2 Å². The molecule has 136 valence electrons. The van der Waals surface area contributed by atoms with Crippen molar-refractivity contribution in [3.63, 3.8) is 0 Å². The van der Waals surface area contributed by atoms with E-state index in [1.54, 1.807) is 30.0 Å². The van der Waals surface area contributed by atoms with E-state index in [0.717, 1.165) is 15.9 Å². The molecule has 0 aliphatic heterocycles. The zero-order chi connectivity index (χ0) is 18.7. The number of nitrogens with zero attached hydrogens (tertiary/aromatic N) is 1. The molecule has 0 saturated heterocycles. The Labute approximate surface area is 159 Å². The van der Waals surface area contributed by atoms with E-state index in [-0.39, 0.29) is 11.2 Å². The molecule has 1 aromatic heterocycles. The topological polar surface area (TPSA) is 100 Å². The molecule has 0 spiro atoms. The SMILES string of the molecule is CSc1cccc(NC(=O)Nc2ccc3nc(NS(C)(=O)=O)sc3c2)c1. The van der Waals surface area contributed by atoms with Crippen molar-refractivity contribution in [3.05, 3.63) is 42.5 Å². The first-order valence-electron chi connectivity index (χ1n) is 7.43. The summed E-state index contributed by atoms with van der Waals surface area (Å²) in [7, 11) is -3.38. The summed E-state index contributed by atoms with van der Waals surface area (Å²) >= 11 is 2.79. The fourth-order valence-corrected chi connectivity index (χ4v) is 4.40. The average molecular weight is 409 g/mol. The van der Waals surface area contributed by atoms with Gasteiger partial charge in [0.15, 0.2) is 5.13 Å². The molecule has 0 aliphatic rings. The minimum atomic E-state index is -3.38. The molecular formula is C16H16N4O3S3. The van der Waals surface area contributed by atoms with Crippen LogP contribution in [-0.2, 0) is 10.0 Å². The van der Waals surface area contributed by atoms with Crippen molar-refractivity contribution in [1.29, 1.82) is 0 Å². The van der Waals surface area contributed by atoms with Crippen LogP contribution in [0.25, 0.3) is 10.2 Å². The Balaban J connectivity index is 1.72. The van der Waals surface area contributed by atoms with Crippen molar-refractivity contribution in [3.8, 4) is 0 Å². The predicted molar refractivity (Wildman–Crippen MR) is 109 cm³/mol. The van der Waals surface area contributed by atoms with E-state index in [1.807, 2.05) is 30.5 Å². The number of fused-ring (bicyclic) bond motifs is 1. The van der Waals surface area contributed by atoms with Gasteiger partial charge in [-0.1, -0.05) is 17.4 Å². The molecule has 3 rings (SSSR count).